The van der Waals surface area contributed by atoms with Crippen molar-refractivity contribution in [2.75, 3.05) is 12.4 Å². The van der Waals surface area contributed by atoms with Crippen LogP contribution in [0.5, 0.6) is 5.75 Å². The highest BCUT2D eigenvalue weighted by Gasteiger charge is 2.15. The molecule has 1 fully saturated rings. The number of benzene rings is 2. The third kappa shape index (κ3) is 8.86. The van der Waals surface area contributed by atoms with Gasteiger partial charge in [0.05, 0.1) is 16.9 Å². The summed E-state index contributed by atoms with van der Waals surface area (Å²) in [4.78, 5) is 34.2. The maximum Gasteiger partial charge on any atom is 0.269 e. The van der Waals surface area contributed by atoms with E-state index in [0.29, 0.717) is 11.5 Å². The first-order valence-electron chi connectivity index (χ1n) is 11.1. The van der Waals surface area contributed by atoms with Crippen LogP contribution >= 0.6 is 11.8 Å². The SMILES string of the molecule is O=C(CSCc1ccc([N+](=O)[O-])cc1)N/N=C\c1ccc(OCC(=O)NC2CCCCC2)cc1. The summed E-state index contributed by atoms with van der Waals surface area (Å²) in [7, 11) is 0. The Hall–Kier alpha value is -3.40. The van der Waals surface area contributed by atoms with Gasteiger partial charge in [-0.05, 0) is 48.2 Å². The van der Waals surface area contributed by atoms with Crippen LogP contribution in [0.4, 0.5) is 5.69 Å². The Balaban J connectivity index is 1.32. The van der Waals surface area contributed by atoms with Crippen LogP contribution in [-0.2, 0) is 15.3 Å². The van der Waals surface area contributed by atoms with Gasteiger partial charge in [-0.15, -0.1) is 11.8 Å². The van der Waals surface area contributed by atoms with Crippen LogP contribution in [0.1, 0.15) is 43.2 Å². The number of nitrogens with zero attached hydrogens (tertiary/aromatic N) is 2. The number of nitro benzene ring substituents is 1. The van der Waals surface area contributed by atoms with Gasteiger partial charge in [0.15, 0.2) is 6.61 Å². The highest BCUT2D eigenvalue weighted by molar-refractivity contribution is 7.99. The monoisotopic (exact) mass is 484 g/mol. The summed E-state index contributed by atoms with van der Waals surface area (Å²) in [5.74, 6) is 1.01. The molecule has 0 spiro atoms. The summed E-state index contributed by atoms with van der Waals surface area (Å²) in [5.41, 5.74) is 4.19. The van der Waals surface area contributed by atoms with Crippen LogP contribution in [0.2, 0.25) is 0 Å². The van der Waals surface area contributed by atoms with E-state index in [1.54, 1.807) is 36.4 Å². The topological polar surface area (TPSA) is 123 Å². The summed E-state index contributed by atoms with van der Waals surface area (Å²) in [6.07, 6.45) is 7.17. The van der Waals surface area contributed by atoms with Crippen LogP contribution in [0.3, 0.4) is 0 Å². The number of carbonyl (C=O) groups excluding carboxylic acids is 2. The molecule has 1 aliphatic rings. The molecule has 10 heteroatoms. The van der Waals surface area contributed by atoms with Crippen LogP contribution in [0.15, 0.2) is 53.6 Å². The number of hydrogen-bond acceptors (Lipinski definition) is 7. The molecule has 0 bridgehead atoms. The van der Waals surface area contributed by atoms with E-state index in [-0.39, 0.29) is 35.9 Å². The summed E-state index contributed by atoms with van der Waals surface area (Å²) < 4.78 is 5.54. The van der Waals surface area contributed by atoms with E-state index in [1.807, 2.05) is 0 Å². The average Bonchev–Trinajstić information content (AvgIpc) is 2.84. The molecular weight excluding hydrogens is 456 g/mol. The lowest BCUT2D eigenvalue weighted by Crippen LogP contribution is -2.38. The van der Waals surface area contributed by atoms with Crippen molar-refractivity contribution in [1.29, 1.82) is 0 Å². The van der Waals surface area contributed by atoms with Crippen molar-refractivity contribution in [3.8, 4) is 5.75 Å². The molecule has 0 aromatic heterocycles. The number of rotatable bonds is 11. The van der Waals surface area contributed by atoms with Crippen molar-refractivity contribution in [1.82, 2.24) is 10.7 Å². The Bertz CT molecular complexity index is 989. The minimum Gasteiger partial charge on any atom is -0.484 e. The molecule has 0 radical (unpaired) electrons. The van der Waals surface area contributed by atoms with Gasteiger partial charge in [0, 0.05) is 23.9 Å². The third-order valence-electron chi connectivity index (χ3n) is 5.27. The molecule has 2 aromatic carbocycles. The van der Waals surface area contributed by atoms with Crippen molar-refractivity contribution in [2.45, 2.75) is 43.9 Å². The molecular formula is C24H28N4O5S. The van der Waals surface area contributed by atoms with Crippen molar-refractivity contribution in [3.05, 3.63) is 69.8 Å². The summed E-state index contributed by atoms with van der Waals surface area (Å²) in [6, 6.07) is 13.6. The lowest BCUT2D eigenvalue weighted by molar-refractivity contribution is -0.384. The first-order valence-corrected chi connectivity index (χ1v) is 12.3. The van der Waals surface area contributed by atoms with Crippen molar-refractivity contribution >= 4 is 35.5 Å². The maximum atomic E-state index is 12.0. The minimum atomic E-state index is -0.444. The number of nitrogens with one attached hydrogen (secondary N) is 2. The highest BCUT2D eigenvalue weighted by atomic mass is 32.2. The summed E-state index contributed by atoms with van der Waals surface area (Å²) in [5, 5.41) is 17.6. The van der Waals surface area contributed by atoms with Gasteiger partial charge in [0.25, 0.3) is 11.6 Å². The van der Waals surface area contributed by atoms with Gasteiger partial charge in [-0.3, -0.25) is 19.7 Å². The lowest BCUT2D eigenvalue weighted by Gasteiger charge is -2.22. The van der Waals surface area contributed by atoms with E-state index in [0.717, 1.165) is 36.8 Å². The number of nitro groups is 1. The Labute approximate surface area is 202 Å². The van der Waals surface area contributed by atoms with Gasteiger partial charge in [-0.1, -0.05) is 31.4 Å². The number of ether oxygens (including phenoxy) is 1. The molecule has 2 amide bonds. The zero-order chi connectivity index (χ0) is 24.2. The second-order valence-corrected chi connectivity index (χ2v) is 8.96. The molecule has 180 valence electrons. The molecule has 0 heterocycles. The molecule has 0 atom stereocenters. The fraction of sp³-hybridized carbons (Fsp3) is 0.375. The average molecular weight is 485 g/mol. The van der Waals surface area contributed by atoms with E-state index in [9.17, 15) is 19.7 Å². The van der Waals surface area contributed by atoms with Gasteiger partial charge >= 0.3 is 0 Å². The molecule has 3 rings (SSSR count). The molecule has 0 unspecified atom stereocenters. The second-order valence-electron chi connectivity index (χ2n) is 7.97. The predicted molar refractivity (Wildman–Crippen MR) is 132 cm³/mol. The molecule has 1 saturated carbocycles. The van der Waals surface area contributed by atoms with Crippen molar-refractivity contribution in [2.24, 2.45) is 5.10 Å². The van der Waals surface area contributed by atoms with Crippen LogP contribution in [-0.4, -0.2) is 41.4 Å². The Morgan fingerprint density at radius 2 is 1.76 bits per heavy atom. The zero-order valence-electron chi connectivity index (χ0n) is 18.8. The van der Waals surface area contributed by atoms with E-state index < -0.39 is 4.92 Å². The third-order valence-corrected chi connectivity index (χ3v) is 6.28. The standard InChI is InChI=1S/C24H28N4O5S/c29-23(26-20-4-2-1-3-5-20)15-33-22-12-8-18(9-13-22)14-25-27-24(30)17-34-16-19-6-10-21(11-7-19)28(31)32/h6-14,20H,1-5,15-17H2,(H,26,29)(H,27,30)/b25-14-. The van der Waals surface area contributed by atoms with Gasteiger partial charge in [-0.25, -0.2) is 5.43 Å². The maximum absolute atomic E-state index is 12.0. The quantitative estimate of drug-likeness (QED) is 0.284. The number of hydrazone groups is 1. The molecule has 0 saturated heterocycles. The minimum absolute atomic E-state index is 0.0163. The van der Waals surface area contributed by atoms with Crippen molar-refractivity contribution in [3.63, 3.8) is 0 Å². The summed E-state index contributed by atoms with van der Waals surface area (Å²) >= 11 is 1.39. The first-order chi connectivity index (χ1) is 16.5. The molecule has 0 aliphatic heterocycles. The second kappa shape index (κ2) is 13.3. The van der Waals surface area contributed by atoms with E-state index >= 15 is 0 Å². The summed E-state index contributed by atoms with van der Waals surface area (Å²) in [6.45, 7) is -0.0163. The largest absolute Gasteiger partial charge is 0.484 e. The van der Waals surface area contributed by atoms with Gasteiger partial charge < -0.3 is 10.1 Å². The normalized spacial score (nSPS) is 14.0. The number of hydrogen-bond donors (Lipinski definition) is 2. The molecule has 1 aliphatic carbocycles. The number of thioether (sulfide) groups is 1. The fourth-order valence-electron chi connectivity index (χ4n) is 3.50. The van der Waals surface area contributed by atoms with E-state index in [2.05, 4.69) is 15.8 Å². The van der Waals surface area contributed by atoms with Gasteiger partial charge in [0.1, 0.15) is 5.75 Å². The van der Waals surface area contributed by atoms with Gasteiger partial charge in [0.2, 0.25) is 5.91 Å². The van der Waals surface area contributed by atoms with Crippen LogP contribution in [0, 0.1) is 10.1 Å². The van der Waals surface area contributed by atoms with Crippen molar-refractivity contribution < 1.29 is 19.2 Å². The smallest absolute Gasteiger partial charge is 0.269 e. The molecule has 34 heavy (non-hydrogen) atoms. The highest BCUT2D eigenvalue weighted by Crippen LogP contribution is 2.18. The number of amides is 2. The molecule has 2 N–H and O–H groups in total. The van der Waals surface area contributed by atoms with Gasteiger partial charge in [-0.2, -0.15) is 5.10 Å². The zero-order valence-corrected chi connectivity index (χ0v) is 19.6. The Morgan fingerprint density at radius 3 is 2.44 bits per heavy atom. The first kappa shape index (κ1) is 25.2. The number of carbonyl (C=O) groups is 2. The molecule has 9 nitrogen and oxygen atoms in total. The van der Waals surface area contributed by atoms with Crippen LogP contribution < -0.4 is 15.5 Å². The predicted octanol–water partition coefficient (Wildman–Crippen LogP) is 3.81. The van der Waals surface area contributed by atoms with E-state index in [1.165, 1.54) is 36.5 Å². The Morgan fingerprint density at radius 1 is 1.06 bits per heavy atom. The Kier molecular flexibility index (Phi) is 9.90. The number of non-ortho nitro benzene ring substituents is 1. The lowest BCUT2D eigenvalue weighted by atomic mass is 9.95. The fourth-order valence-corrected chi connectivity index (χ4v) is 4.28. The molecule has 2 aromatic rings. The van der Waals surface area contributed by atoms with E-state index in [4.69, 9.17) is 4.74 Å². The van der Waals surface area contributed by atoms with Crippen LogP contribution in [0.25, 0.3) is 0 Å².